The van der Waals surface area contributed by atoms with Crippen molar-refractivity contribution in [1.82, 2.24) is 39.7 Å². The van der Waals surface area contributed by atoms with Crippen molar-refractivity contribution in [3.63, 3.8) is 0 Å². The van der Waals surface area contributed by atoms with Gasteiger partial charge in [0.1, 0.15) is 12.1 Å². The molecule has 2 saturated heterocycles. The highest BCUT2D eigenvalue weighted by atomic mass is 19.2. The number of fused-ring (bicyclic) bond motifs is 3. The molecule has 0 spiro atoms. The van der Waals surface area contributed by atoms with Gasteiger partial charge in [0.25, 0.3) is 5.91 Å². The molecule has 212 valence electrons. The Morgan fingerprint density at radius 2 is 1.83 bits per heavy atom. The zero-order chi connectivity index (χ0) is 29.1. The largest absolute Gasteiger partial charge is 0.383 e. The van der Waals surface area contributed by atoms with Crippen molar-refractivity contribution in [3.8, 4) is 22.4 Å². The highest BCUT2D eigenvalue weighted by Gasteiger charge is 2.45. The molecule has 42 heavy (non-hydrogen) atoms. The van der Waals surface area contributed by atoms with Crippen molar-refractivity contribution < 1.29 is 18.4 Å². The molecule has 3 N–H and O–H groups in total. The van der Waals surface area contributed by atoms with Crippen molar-refractivity contribution >= 4 is 23.2 Å². The van der Waals surface area contributed by atoms with Gasteiger partial charge in [-0.15, -0.1) is 10.2 Å². The molecule has 11 nitrogen and oxygen atoms in total. The number of carbonyl (C=O) groups excluding carboxylic acids is 2. The van der Waals surface area contributed by atoms with Crippen LogP contribution in [0.5, 0.6) is 0 Å². The summed E-state index contributed by atoms with van der Waals surface area (Å²) in [6.45, 7) is 1.46. The Morgan fingerprint density at radius 1 is 1.05 bits per heavy atom. The molecule has 2 bridgehead atoms. The Kier molecular flexibility index (Phi) is 6.03. The second-order valence-electron chi connectivity index (χ2n) is 10.7. The third-order valence-corrected chi connectivity index (χ3v) is 8.34. The number of ketones is 1. The number of nitrogens with two attached hydrogens (primary N) is 1. The van der Waals surface area contributed by atoms with Gasteiger partial charge < -0.3 is 15.6 Å². The fourth-order valence-corrected chi connectivity index (χ4v) is 6.47. The summed E-state index contributed by atoms with van der Waals surface area (Å²) >= 11 is 0. The number of pyridine rings is 1. The molecule has 3 atom stereocenters. The first-order valence-electron chi connectivity index (χ1n) is 13.6. The van der Waals surface area contributed by atoms with Crippen LogP contribution in [0.4, 0.5) is 14.6 Å². The lowest BCUT2D eigenvalue weighted by Gasteiger charge is -2.38. The number of benzene rings is 1. The summed E-state index contributed by atoms with van der Waals surface area (Å²) in [6.07, 6.45) is 7.45. The summed E-state index contributed by atoms with van der Waals surface area (Å²) in [5, 5.41) is 12.0. The third kappa shape index (κ3) is 4.03. The number of Topliss-reactive ketones (excluding diaryl/α,β-unsaturated/α-hetero) is 1. The molecule has 13 heteroatoms. The van der Waals surface area contributed by atoms with Crippen LogP contribution in [0.15, 0.2) is 49.1 Å². The smallest absolute Gasteiger partial charge is 0.292 e. The topological polar surface area (TPSA) is 148 Å². The summed E-state index contributed by atoms with van der Waals surface area (Å²) in [4.78, 5) is 40.0. The fraction of sp³-hybridized carbons (Fsp3) is 0.276. The van der Waals surface area contributed by atoms with Gasteiger partial charge in [0, 0.05) is 40.9 Å². The Balaban J connectivity index is 1.26. The Hall–Kier alpha value is -5.07. The number of anilines is 1. The molecular weight excluding hydrogens is 544 g/mol. The van der Waals surface area contributed by atoms with E-state index in [0.717, 1.165) is 18.9 Å². The molecule has 4 aromatic heterocycles. The van der Waals surface area contributed by atoms with E-state index in [1.165, 1.54) is 29.9 Å². The van der Waals surface area contributed by atoms with Crippen molar-refractivity contribution in [2.45, 2.75) is 50.6 Å². The molecule has 1 amide bonds. The van der Waals surface area contributed by atoms with Gasteiger partial charge in [-0.1, -0.05) is 12.1 Å². The predicted molar refractivity (Wildman–Crippen MR) is 147 cm³/mol. The van der Waals surface area contributed by atoms with Crippen molar-refractivity contribution in [2.24, 2.45) is 0 Å². The molecule has 5 aromatic rings. The van der Waals surface area contributed by atoms with Crippen LogP contribution in [0.3, 0.4) is 0 Å². The maximum atomic E-state index is 14.3. The van der Waals surface area contributed by atoms with Gasteiger partial charge in [0.15, 0.2) is 23.1 Å². The predicted octanol–water partition coefficient (Wildman–Crippen LogP) is 4.19. The minimum atomic E-state index is -0.966. The first-order chi connectivity index (χ1) is 20.3. The van der Waals surface area contributed by atoms with E-state index in [1.807, 2.05) is 4.90 Å². The van der Waals surface area contributed by atoms with Gasteiger partial charge in [0.2, 0.25) is 5.82 Å². The number of halogens is 2. The van der Waals surface area contributed by atoms with Crippen molar-refractivity contribution in [2.75, 3.05) is 5.73 Å². The fourth-order valence-electron chi connectivity index (χ4n) is 6.47. The van der Waals surface area contributed by atoms with Crippen molar-refractivity contribution in [3.05, 3.63) is 77.8 Å². The van der Waals surface area contributed by atoms with Gasteiger partial charge >= 0.3 is 0 Å². The summed E-state index contributed by atoms with van der Waals surface area (Å²) in [5.74, 6) is -2.02. The number of carbonyl (C=O) groups is 2. The number of rotatable bonds is 5. The van der Waals surface area contributed by atoms with E-state index in [0.29, 0.717) is 40.9 Å². The zero-order valence-corrected chi connectivity index (χ0v) is 22.5. The van der Waals surface area contributed by atoms with Gasteiger partial charge in [-0.25, -0.2) is 13.8 Å². The average Bonchev–Trinajstić information content (AvgIpc) is 3.73. The van der Waals surface area contributed by atoms with E-state index in [4.69, 9.17) is 10.7 Å². The van der Waals surface area contributed by atoms with Crippen LogP contribution in [0, 0.1) is 11.6 Å². The average molecular weight is 570 g/mol. The minimum Gasteiger partial charge on any atom is -0.383 e. The second-order valence-corrected chi connectivity index (χ2v) is 10.7. The summed E-state index contributed by atoms with van der Waals surface area (Å²) in [6, 6.07) is 7.21. The number of piperidine rings is 1. The number of aromatic nitrogens is 7. The zero-order valence-electron chi connectivity index (χ0n) is 22.5. The molecule has 2 aliphatic heterocycles. The van der Waals surface area contributed by atoms with Crippen LogP contribution < -0.4 is 5.73 Å². The van der Waals surface area contributed by atoms with Crippen LogP contribution >= 0.6 is 0 Å². The SMILES string of the molecule is CC(=O)c1c([C@@H]2C[C@H]3CC[C@@H](C2)N3C(=O)c2nnc[nH]2)nc2c(-c3ccc(-c4cccc(F)c4F)nc3)cnn2c1N. The molecule has 2 aliphatic rings. The number of nitrogens with zero attached hydrogens (tertiary/aromatic N) is 7. The lowest BCUT2D eigenvalue weighted by Crippen LogP contribution is -2.46. The molecule has 0 aliphatic carbocycles. The number of nitrogens with one attached hydrogen (secondary N) is 1. The number of hydrogen-bond acceptors (Lipinski definition) is 8. The van der Waals surface area contributed by atoms with Crippen LogP contribution in [0.1, 0.15) is 65.2 Å². The van der Waals surface area contributed by atoms with Crippen LogP contribution in [0.25, 0.3) is 28.0 Å². The number of aromatic amines is 1. The maximum absolute atomic E-state index is 14.3. The number of nitrogen functional groups attached to an aromatic ring is 1. The quantitative estimate of drug-likeness (QED) is 0.300. The van der Waals surface area contributed by atoms with E-state index in [-0.39, 0.29) is 52.6 Å². The number of H-pyrrole nitrogens is 1. The Bertz CT molecular complexity index is 1840. The van der Waals surface area contributed by atoms with E-state index >= 15 is 0 Å². The second kappa shape index (κ2) is 9.79. The normalized spacial score (nSPS) is 19.9. The van der Waals surface area contributed by atoms with E-state index in [2.05, 4.69) is 25.3 Å². The summed E-state index contributed by atoms with van der Waals surface area (Å²) in [7, 11) is 0. The van der Waals surface area contributed by atoms with Crippen LogP contribution in [-0.2, 0) is 0 Å². The van der Waals surface area contributed by atoms with Gasteiger partial charge in [-0.3, -0.25) is 14.6 Å². The Morgan fingerprint density at radius 3 is 2.50 bits per heavy atom. The van der Waals surface area contributed by atoms with Gasteiger partial charge in [-0.2, -0.15) is 9.61 Å². The standard InChI is InChI=1S/C29H25F2N9O2/c1-14(41)23-25(16-9-17-6-7-18(10-16)39(17)29(42)27-34-13-35-38-27)37-28-20(12-36-40(28)26(23)32)15-5-8-22(33-11-15)19-3-2-4-21(30)24(19)31/h2-5,8,11-13,16-18H,6-7,9-10,32H2,1H3,(H,34,35,38)/t16-,17-,18+. The summed E-state index contributed by atoms with van der Waals surface area (Å²) in [5.41, 5.74) is 9.50. The van der Waals surface area contributed by atoms with E-state index in [1.54, 1.807) is 24.5 Å². The highest BCUT2D eigenvalue weighted by molar-refractivity contribution is 6.00. The molecule has 6 heterocycles. The van der Waals surface area contributed by atoms with Crippen LogP contribution in [-0.4, -0.2) is 63.4 Å². The molecule has 1 aromatic carbocycles. The molecule has 7 rings (SSSR count). The number of amides is 1. The van der Waals surface area contributed by atoms with Crippen LogP contribution in [0.2, 0.25) is 0 Å². The molecule has 0 saturated carbocycles. The molecular formula is C29H25F2N9O2. The van der Waals surface area contributed by atoms with Gasteiger partial charge in [-0.05, 0) is 50.8 Å². The first kappa shape index (κ1) is 25.9. The van der Waals surface area contributed by atoms with Gasteiger partial charge in [0.05, 0.1) is 23.1 Å². The Labute approximate surface area is 237 Å². The maximum Gasteiger partial charge on any atom is 0.292 e. The molecule has 0 radical (unpaired) electrons. The molecule has 2 fully saturated rings. The van der Waals surface area contributed by atoms with E-state index in [9.17, 15) is 18.4 Å². The van der Waals surface area contributed by atoms with E-state index < -0.39 is 11.6 Å². The first-order valence-corrected chi connectivity index (χ1v) is 13.6. The monoisotopic (exact) mass is 569 g/mol. The molecule has 0 unspecified atom stereocenters. The minimum absolute atomic E-state index is 0.0326. The third-order valence-electron chi connectivity index (χ3n) is 8.34. The number of hydrogen-bond donors (Lipinski definition) is 2. The van der Waals surface area contributed by atoms with Crippen molar-refractivity contribution in [1.29, 1.82) is 0 Å². The highest BCUT2D eigenvalue weighted by Crippen LogP contribution is 2.45. The summed E-state index contributed by atoms with van der Waals surface area (Å²) < 4.78 is 29.5. The lowest BCUT2D eigenvalue weighted by molar-refractivity contribution is 0.0556. The lowest BCUT2D eigenvalue weighted by atomic mass is 9.85.